The number of hydrogen-bond donors (Lipinski definition) is 1. The summed E-state index contributed by atoms with van der Waals surface area (Å²) in [6, 6.07) is 6.70. The Hall–Kier alpha value is -1.29. The Morgan fingerprint density at radius 3 is 2.76 bits per heavy atom. The smallest absolute Gasteiger partial charge is 0.120 e. The topological polar surface area (TPSA) is 38.5 Å². The van der Waals surface area contributed by atoms with Gasteiger partial charge in [-0.15, -0.1) is 0 Å². The second-order valence-corrected chi connectivity index (χ2v) is 6.63. The summed E-state index contributed by atoms with van der Waals surface area (Å²) in [7, 11) is 1.71. The Bertz CT molecular complexity index is 530. The molecule has 1 saturated heterocycles. The van der Waals surface area contributed by atoms with Crippen molar-refractivity contribution in [2.75, 3.05) is 18.6 Å². The summed E-state index contributed by atoms with van der Waals surface area (Å²) >= 11 is 5.26. The van der Waals surface area contributed by atoms with Gasteiger partial charge in [0.1, 0.15) is 10.7 Å². The molecular weight excluding hydrogens is 280 g/mol. The molecule has 1 heterocycles. The first-order valence-electron chi connectivity index (χ1n) is 7.95. The first kappa shape index (κ1) is 14.6. The zero-order chi connectivity index (χ0) is 14.8. The minimum Gasteiger partial charge on any atom is -0.497 e. The van der Waals surface area contributed by atoms with Gasteiger partial charge in [0.05, 0.1) is 12.8 Å². The van der Waals surface area contributed by atoms with Crippen molar-refractivity contribution in [3.8, 4) is 5.75 Å². The van der Waals surface area contributed by atoms with Gasteiger partial charge in [0, 0.05) is 24.2 Å². The maximum atomic E-state index is 5.94. The number of methoxy groups -OCH3 is 1. The molecule has 0 bridgehead atoms. The molecule has 1 aromatic rings. The molecule has 21 heavy (non-hydrogen) atoms. The Morgan fingerprint density at radius 1 is 1.24 bits per heavy atom. The third-order valence-corrected chi connectivity index (χ3v) is 5.24. The van der Waals surface area contributed by atoms with Gasteiger partial charge in [-0.3, -0.25) is 0 Å². The summed E-state index contributed by atoms with van der Waals surface area (Å²) in [5.74, 6) is 1.71. The van der Waals surface area contributed by atoms with Crippen LogP contribution in [0.25, 0.3) is 0 Å². The number of benzene rings is 1. The van der Waals surface area contributed by atoms with Crippen LogP contribution in [0.3, 0.4) is 0 Å². The highest BCUT2D eigenvalue weighted by molar-refractivity contribution is 7.80. The highest BCUT2D eigenvalue weighted by Gasteiger charge is 2.34. The van der Waals surface area contributed by atoms with E-state index in [1.54, 1.807) is 7.11 Å². The quantitative estimate of drug-likeness (QED) is 0.868. The first-order chi connectivity index (χ1) is 10.2. The average Bonchev–Trinajstić information content (AvgIpc) is 2.53. The lowest BCUT2D eigenvalue weighted by Gasteiger charge is -2.46. The van der Waals surface area contributed by atoms with Crippen LogP contribution in [0.5, 0.6) is 5.75 Å². The fourth-order valence-electron chi connectivity index (χ4n) is 4.01. The molecule has 1 aromatic carbocycles. The standard InChI is InChI=1S/C17H24N2OS/c1-20-13-8-9-14(17(18)21)16(11-13)19-10-4-6-12-5-2-3-7-15(12)19/h8-9,11-12,15H,2-7,10H2,1H3,(H2,18,21)/t12-,15-/m1/s1. The van der Waals surface area contributed by atoms with Crippen molar-refractivity contribution in [1.29, 1.82) is 0 Å². The van der Waals surface area contributed by atoms with Crippen LogP contribution in [0.15, 0.2) is 18.2 Å². The highest BCUT2D eigenvalue weighted by Crippen LogP contribution is 2.39. The normalized spacial score (nSPS) is 25.3. The van der Waals surface area contributed by atoms with Crippen LogP contribution in [0, 0.1) is 5.92 Å². The molecule has 3 nitrogen and oxygen atoms in total. The zero-order valence-corrected chi connectivity index (χ0v) is 13.5. The minimum absolute atomic E-state index is 0.477. The number of piperidine rings is 1. The number of rotatable bonds is 3. The number of ether oxygens (including phenoxy) is 1. The lowest BCUT2D eigenvalue weighted by molar-refractivity contribution is 0.243. The van der Waals surface area contributed by atoms with E-state index in [0.717, 1.165) is 23.8 Å². The monoisotopic (exact) mass is 304 g/mol. The molecule has 0 spiro atoms. The summed E-state index contributed by atoms with van der Waals surface area (Å²) in [6.07, 6.45) is 8.01. The van der Waals surface area contributed by atoms with Crippen LogP contribution in [0.4, 0.5) is 5.69 Å². The summed E-state index contributed by atoms with van der Waals surface area (Å²) in [4.78, 5) is 3.02. The van der Waals surface area contributed by atoms with E-state index in [-0.39, 0.29) is 0 Å². The summed E-state index contributed by atoms with van der Waals surface area (Å²) < 4.78 is 5.41. The molecule has 2 aliphatic rings. The number of fused-ring (bicyclic) bond motifs is 1. The zero-order valence-electron chi connectivity index (χ0n) is 12.7. The molecule has 0 radical (unpaired) electrons. The van der Waals surface area contributed by atoms with Crippen LogP contribution in [-0.2, 0) is 0 Å². The molecule has 114 valence electrons. The Labute approximate surface area is 132 Å². The van der Waals surface area contributed by atoms with Gasteiger partial charge in [0.25, 0.3) is 0 Å². The molecule has 1 aliphatic carbocycles. The molecule has 2 fully saturated rings. The van der Waals surface area contributed by atoms with Crippen LogP contribution >= 0.6 is 12.2 Å². The van der Waals surface area contributed by atoms with E-state index in [4.69, 9.17) is 22.7 Å². The molecule has 3 rings (SSSR count). The van der Waals surface area contributed by atoms with Crippen LogP contribution in [0.1, 0.15) is 44.1 Å². The lowest BCUT2D eigenvalue weighted by Crippen LogP contribution is -2.47. The lowest BCUT2D eigenvalue weighted by atomic mass is 9.78. The number of thiocarbonyl (C=S) groups is 1. The number of anilines is 1. The summed E-state index contributed by atoms with van der Waals surface area (Å²) in [6.45, 7) is 1.10. The van der Waals surface area contributed by atoms with Crippen LogP contribution in [-0.4, -0.2) is 24.7 Å². The van der Waals surface area contributed by atoms with Crippen molar-refractivity contribution in [3.05, 3.63) is 23.8 Å². The van der Waals surface area contributed by atoms with Crippen LogP contribution in [0.2, 0.25) is 0 Å². The largest absolute Gasteiger partial charge is 0.497 e. The predicted molar refractivity (Wildman–Crippen MR) is 91.2 cm³/mol. The second kappa shape index (κ2) is 6.22. The highest BCUT2D eigenvalue weighted by atomic mass is 32.1. The molecular formula is C17H24N2OS. The minimum atomic E-state index is 0.477. The van der Waals surface area contributed by atoms with Crippen molar-refractivity contribution >= 4 is 22.9 Å². The van der Waals surface area contributed by atoms with Gasteiger partial charge in [-0.2, -0.15) is 0 Å². The van der Waals surface area contributed by atoms with Gasteiger partial charge in [-0.25, -0.2) is 0 Å². The SMILES string of the molecule is COc1ccc(C(N)=S)c(N2CCC[C@H]3CCCC[C@H]32)c1. The van der Waals surface area contributed by atoms with E-state index >= 15 is 0 Å². The van der Waals surface area contributed by atoms with E-state index < -0.39 is 0 Å². The molecule has 4 heteroatoms. The van der Waals surface area contributed by atoms with Gasteiger partial charge in [0.15, 0.2) is 0 Å². The van der Waals surface area contributed by atoms with Gasteiger partial charge < -0.3 is 15.4 Å². The van der Waals surface area contributed by atoms with Gasteiger partial charge in [-0.05, 0) is 43.7 Å². The van der Waals surface area contributed by atoms with E-state index in [9.17, 15) is 0 Å². The van der Waals surface area contributed by atoms with Gasteiger partial charge in [0.2, 0.25) is 0 Å². The summed E-state index contributed by atoms with van der Waals surface area (Å²) in [5.41, 5.74) is 8.09. The number of nitrogens with zero attached hydrogens (tertiary/aromatic N) is 1. The number of hydrogen-bond acceptors (Lipinski definition) is 3. The molecule has 2 N–H and O–H groups in total. The van der Waals surface area contributed by atoms with Crippen molar-refractivity contribution in [1.82, 2.24) is 0 Å². The molecule has 0 unspecified atom stereocenters. The van der Waals surface area contributed by atoms with Crippen molar-refractivity contribution < 1.29 is 4.74 Å². The Morgan fingerprint density at radius 2 is 2.00 bits per heavy atom. The maximum absolute atomic E-state index is 5.94. The third-order valence-electron chi connectivity index (χ3n) is 5.02. The predicted octanol–water partition coefficient (Wildman–Crippen LogP) is 3.49. The van der Waals surface area contributed by atoms with Crippen molar-refractivity contribution in [2.24, 2.45) is 11.7 Å². The van der Waals surface area contributed by atoms with Crippen molar-refractivity contribution in [2.45, 2.75) is 44.6 Å². The molecule has 0 amide bonds. The van der Waals surface area contributed by atoms with Crippen molar-refractivity contribution in [3.63, 3.8) is 0 Å². The average molecular weight is 304 g/mol. The molecule has 1 saturated carbocycles. The van der Waals surface area contributed by atoms with Crippen LogP contribution < -0.4 is 15.4 Å². The van der Waals surface area contributed by atoms with E-state index in [1.165, 1.54) is 44.2 Å². The Balaban J connectivity index is 1.98. The maximum Gasteiger partial charge on any atom is 0.120 e. The fraction of sp³-hybridized carbons (Fsp3) is 0.588. The van der Waals surface area contributed by atoms with E-state index in [1.807, 2.05) is 12.1 Å². The third kappa shape index (κ3) is 2.86. The molecule has 0 aromatic heterocycles. The van der Waals surface area contributed by atoms with E-state index in [0.29, 0.717) is 11.0 Å². The summed E-state index contributed by atoms with van der Waals surface area (Å²) in [5, 5.41) is 0. The Kier molecular flexibility index (Phi) is 4.34. The molecule has 2 atom stereocenters. The number of nitrogens with two attached hydrogens (primary N) is 1. The first-order valence-corrected chi connectivity index (χ1v) is 8.36. The van der Waals surface area contributed by atoms with E-state index in [2.05, 4.69) is 11.0 Å². The molecule has 1 aliphatic heterocycles. The second-order valence-electron chi connectivity index (χ2n) is 6.19. The fourth-order valence-corrected chi connectivity index (χ4v) is 4.18. The van der Waals surface area contributed by atoms with Gasteiger partial charge >= 0.3 is 0 Å². The van der Waals surface area contributed by atoms with Gasteiger partial charge in [-0.1, -0.05) is 25.1 Å².